The lowest BCUT2D eigenvalue weighted by atomic mass is 10.0. The molecule has 0 atom stereocenters. The number of nitrogens with zero attached hydrogens (tertiary/aromatic N) is 1. The van der Waals surface area contributed by atoms with Crippen LogP contribution in [0.2, 0.25) is 0 Å². The van der Waals surface area contributed by atoms with Crippen LogP contribution in [0.3, 0.4) is 0 Å². The number of carbonyl (C=O) groups is 1. The van der Waals surface area contributed by atoms with E-state index in [1.54, 1.807) is 50.9 Å². The number of aryl methyl sites for hydroxylation is 2. The molecule has 6 nitrogen and oxygen atoms in total. The molecule has 1 aromatic carbocycles. The molecule has 7 heteroatoms. The third kappa shape index (κ3) is 3.99. The minimum Gasteiger partial charge on any atom is -0.493 e. The minimum atomic E-state index is -0.218. The number of benzene rings is 1. The molecular formula is C19H22N2O4S. The number of nitrogens with one attached hydrogen (secondary N) is 1. The van der Waals surface area contributed by atoms with Gasteiger partial charge in [-0.2, -0.15) is 0 Å². The molecular weight excluding hydrogens is 352 g/mol. The van der Waals surface area contributed by atoms with Crippen LogP contribution in [-0.2, 0) is 17.6 Å². The maximum Gasteiger partial charge on any atom is 0.250 e. The molecule has 0 bridgehead atoms. The fourth-order valence-corrected chi connectivity index (χ4v) is 3.97. The number of aromatic nitrogens is 1. The van der Waals surface area contributed by atoms with Gasteiger partial charge in [0.05, 0.1) is 27.0 Å². The van der Waals surface area contributed by atoms with Crippen LogP contribution in [0.15, 0.2) is 18.2 Å². The van der Waals surface area contributed by atoms with Gasteiger partial charge in [-0.3, -0.25) is 10.1 Å². The highest BCUT2D eigenvalue weighted by molar-refractivity contribution is 7.15. The Balaban J connectivity index is 1.72. The van der Waals surface area contributed by atoms with Gasteiger partial charge in [-0.1, -0.05) is 0 Å². The molecule has 0 spiro atoms. The van der Waals surface area contributed by atoms with Crippen molar-refractivity contribution in [3.8, 4) is 17.2 Å². The Hall–Kier alpha value is -2.54. The van der Waals surface area contributed by atoms with E-state index in [9.17, 15) is 4.79 Å². The lowest BCUT2D eigenvalue weighted by molar-refractivity contribution is -0.111. The number of ether oxygens (including phenoxy) is 3. The van der Waals surface area contributed by atoms with Crippen molar-refractivity contribution < 1.29 is 19.0 Å². The maximum absolute atomic E-state index is 12.2. The average molecular weight is 374 g/mol. The number of hydrogen-bond acceptors (Lipinski definition) is 6. The van der Waals surface area contributed by atoms with Crippen molar-refractivity contribution in [2.45, 2.75) is 25.7 Å². The molecule has 2 aromatic rings. The molecule has 0 saturated heterocycles. The van der Waals surface area contributed by atoms with E-state index in [0.29, 0.717) is 22.4 Å². The summed E-state index contributed by atoms with van der Waals surface area (Å²) in [5.41, 5.74) is 1.90. The molecule has 26 heavy (non-hydrogen) atoms. The topological polar surface area (TPSA) is 69.7 Å². The standard InChI is InChI=1S/C19H22N2O4S/c1-23-14-10-12(11-15(24-2)18(14)25-3)8-9-17(22)21-19-20-13-6-4-5-7-16(13)26-19/h8-11H,4-7H2,1-3H3,(H,20,21,22). The van der Waals surface area contributed by atoms with E-state index in [0.717, 1.165) is 24.1 Å². The third-order valence-corrected chi connectivity index (χ3v) is 5.26. The first-order valence-electron chi connectivity index (χ1n) is 8.42. The van der Waals surface area contributed by atoms with Gasteiger partial charge in [-0.05, 0) is 49.5 Å². The monoisotopic (exact) mass is 374 g/mol. The van der Waals surface area contributed by atoms with Gasteiger partial charge in [0.1, 0.15) is 0 Å². The fourth-order valence-electron chi connectivity index (χ4n) is 2.92. The normalized spacial score (nSPS) is 13.3. The summed E-state index contributed by atoms with van der Waals surface area (Å²) in [6, 6.07) is 3.57. The van der Waals surface area contributed by atoms with Crippen LogP contribution < -0.4 is 19.5 Å². The van der Waals surface area contributed by atoms with E-state index in [2.05, 4.69) is 10.3 Å². The van der Waals surface area contributed by atoms with Gasteiger partial charge in [0.25, 0.3) is 0 Å². The van der Waals surface area contributed by atoms with E-state index < -0.39 is 0 Å². The zero-order valence-electron chi connectivity index (χ0n) is 15.1. The highest BCUT2D eigenvalue weighted by Crippen LogP contribution is 2.38. The van der Waals surface area contributed by atoms with Gasteiger partial charge in [-0.15, -0.1) is 11.3 Å². The summed E-state index contributed by atoms with van der Waals surface area (Å²) >= 11 is 1.57. The highest BCUT2D eigenvalue weighted by atomic mass is 32.1. The third-order valence-electron chi connectivity index (χ3n) is 4.19. The second kappa shape index (κ2) is 8.23. The number of hydrogen-bond donors (Lipinski definition) is 1. The van der Waals surface area contributed by atoms with Crippen molar-refractivity contribution in [1.82, 2.24) is 4.98 Å². The summed E-state index contributed by atoms with van der Waals surface area (Å²) in [4.78, 5) is 18.0. The molecule has 0 saturated carbocycles. The summed E-state index contributed by atoms with van der Waals surface area (Å²) in [6.07, 6.45) is 7.61. The lowest BCUT2D eigenvalue weighted by Gasteiger charge is -2.12. The number of fused-ring (bicyclic) bond motifs is 1. The molecule has 1 heterocycles. The van der Waals surface area contributed by atoms with Crippen LogP contribution in [0, 0.1) is 0 Å². The van der Waals surface area contributed by atoms with Crippen LogP contribution in [-0.4, -0.2) is 32.2 Å². The van der Waals surface area contributed by atoms with Crippen molar-refractivity contribution in [1.29, 1.82) is 0 Å². The average Bonchev–Trinajstić information content (AvgIpc) is 3.07. The van der Waals surface area contributed by atoms with Crippen molar-refractivity contribution in [2.24, 2.45) is 0 Å². The molecule has 138 valence electrons. The Kier molecular flexibility index (Phi) is 5.78. The van der Waals surface area contributed by atoms with Crippen molar-refractivity contribution in [2.75, 3.05) is 26.6 Å². The second-order valence-electron chi connectivity index (χ2n) is 5.88. The Labute approximate surface area is 156 Å². The summed E-state index contributed by atoms with van der Waals surface area (Å²) in [7, 11) is 4.67. The van der Waals surface area contributed by atoms with Crippen molar-refractivity contribution in [3.63, 3.8) is 0 Å². The van der Waals surface area contributed by atoms with Crippen LogP contribution in [0.4, 0.5) is 5.13 Å². The van der Waals surface area contributed by atoms with Crippen molar-refractivity contribution in [3.05, 3.63) is 34.3 Å². The number of thiazole rings is 1. The quantitative estimate of drug-likeness (QED) is 0.781. The van der Waals surface area contributed by atoms with Crippen LogP contribution >= 0.6 is 11.3 Å². The van der Waals surface area contributed by atoms with E-state index in [-0.39, 0.29) is 5.91 Å². The summed E-state index contributed by atoms with van der Waals surface area (Å²) < 4.78 is 15.9. The molecule has 0 radical (unpaired) electrons. The molecule has 1 aliphatic rings. The number of amides is 1. The van der Waals surface area contributed by atoms with Crippen LogP contribution in [0.5, 0.6) is 17.2 Å². The molecule has 0 fully saturated rings. The molecule has 1 aliphatic carbocycles. The second-order valence-corrected chi connectivity index (χ2v) is 6.96. The lowest BCUT2D eigenvalue weighted by Crippen LogP contribution is -2.07. The van der Waals surface area contributed by atoms with Gasteiger partial charge in [0, 0.05) is 11.0 Å². The fraction of sp³-hybridized carbons (Fsp3) is 0.368. The zero-order valence-corrected chi connectivity index (χ0v) is 15.9. The molecule has 3 rings (SSSR count). The Morgan fingerprint density at radius 2 is 1.81 bits per heavy atom. The number of carbonyl (C=O) groups excluding carboxylic acids is 1. The first-order valence-corrected chi connectivity index (χ1v) is 9.24. The Bertz CT molecular complexity index is 780. The predicted octanol–water partition coefficient (Wildman–Crippen LogP) is 3.70. The summed E-state index contributed by atoms with van der Waals surface area (Å²) in [5, 5.41) is 3.51. The molecule has 1 aromatic heterocycles. The molecule has 0 aliphatic heterocycles. The SMILES string of the molecule is COc1cc(C=CC(=O)Nc2nc3c(s2)CCCC3)cc(OC)c1OC. The largest absolute Gasteiger partial charge is 0.493 e. The van der Waals surface area contributed by atoms with Gasteiger partial charge < -0.3 is 14.2 Å². The van der Waals surface area contributed by atoms with E-state index >= 15 is 0 Å². The molecule has 1 N–H and O–H groups in total. The summed E-state index contributed by atoms with van der Waals surface area (Å²) in [6.45, 7) is 0. The minimum absolute atomic E-state index is 0.218. The zero-order chi connectivity index (χ0) is 18.5. The Morgan fingerprint density at radius 1 is 1.12 bits per heavy atom. The van der Waals surface area contributed by atoms with E-state index in [1.807, 2.05) is 0 Å². The molecule has 1 amide bonds. The van der Waals surface area contributed by atoms with Crippen LogP contribution in [0.1, 0.15) is 29.0 Å². The van der Waals surface area contributed by atoms with E-state index in [4.69, 9.17) is 14.2 Å². The van der Waals surface area contributed by atoms with Gasteiger partial charge >= 0.3 is 0 Å². The first kappa shape index (κ1) is 18.3. The summed E-state index contributed by atoms with van der Waals surface area (Å²) in [5.74, 6) is 1.38. The predicted molar refractivity (Wildman–Crippen MR) is 103 cm³/mol. The van der Waals surface area contributed by atoms with Crippen molar-refractivity contribution >= 4 is 28.5 Å². The van der Waals surface area contributed by atoms with E-state index in [1.165, 1.54) is 23.8 Å². The number of anilines is 1. The number of methoxy groups -OCH3 is 3. The van der Waals surface area contributed by atoms with Gasteiger partial charge in [0.2, 0.25) is 11.7 Å². The smallest absolute Gasteiger partial charge is 0.250 e. The maximum atomic E-state index is 12.2. The molecule has 0 unspecified atom stereocenters. The first-order chi connectivity index (χ1) is 12.6. The highest BCUT2D eigenvalue weighted by Gasteiger charge is 2.16. The van der Waals surface area contributed by atoms with Gasteiger partial charge in [0.15, 0.2) is 16.6 Å². The van der Waals surface area contributed by atoms with Crippen LogP contribution in [0.25, 0.3) is 6.08 Å². The Morgan fingerprint density at radius 3 is 2.42 bits per heavy atom. The number of rotatable bonds is 6. The van der Waals surface area contributed by atoms with Gasteiger partial charge in [-0.25, -0.2) is 4.98 Å².